The van der Waals surface area contributed by atoms with Crippen LogP contribution in [0.2, 0.25) is 0 Å². The molecule has 0 atom stereocenters. The van der Waals surface area contributed by atoms with Crippen molar-refractivity contribution < 1.29 is 0 Å². The van der Waals surface area contributed by atoms with E-state index in [-0.39, 0.29) is 5.54 Å². The molecule has 1 fully saturated rings. The molecule has 20 heavy (non-hydrogen) atoms. The van der Waals surface area contributed by atoms with Crippen LogP contribution in [0.5, 0.6) is 0 Å². The van der Waals surface area contributed by atoms with E-state index in [1.165, 1.54) is 0 Å². The van der Waals surface area contributed by atoms with Crippen molar-refractivity contribution in [1.82, 2.24) is 20.5 Å². The molecule has 1 N–H and O–H groups in total. The lowest BCUT2D eigenvalue weighted by Crippen LogP contribution is -2.57. The van der Waals surface area contributed by atoms with Gasteiger partial charge in [-0.05, 0) is 38.1 Å². The highest BCUT2D eigenvalue weighted by molar-refractivity contribution is 5.55. The zero-order chi connectivity index (χ0) is 14.0. The molecule has 0 aromatic carbocycles. The van der Waals surface area contributed by atoms with E-state index in [0.717, 1.165) is 36.8 Å². The van der Waals surface area contributed by atoms with Crippen molar-refractivity contribution in [2.45, 2.75) is 19.4 Å². The Morgan fingerprint density at radius 3 is 2.65 bits per heavy atom. The fraction of sp³-hybridized carbons (Fsp3) is 0.400. The van der Waals surface area contributed by atoms with Gasteiger partial charge in [-0.3, -0.25) is 4.98 Å². The number of nitrogens with one attached hydrogen (secondary N) is 1. The number of piperazine rings is 1. The normalized spacial score (nSPS) is 18.0. The summed E-state index contributed by atoms with van der Waals surface area (Å²) in [5, 5.41) is 12.1. The lowest BCUT2D eigenvalue weighted by atomic mass is 10.0. The lowest BCUT2D eigenvalue weighted by molar-refractivity contribution is 0.351. The maximum absolute atomic E-state index is 4.35. The number of pyridine rings is 1. The van der Waals surface area contributed by atoms with Gasteiger partial charge in [0.05, 0.1) is 5.69 Å². The highest BCUT2D eigenvalue weighted by Gasteiger charge is 2.26. The molecule has 0 saturated carbocycles. The summed E-state index contributed by atoms with van der Waals surface area (Å²) >= 11 is 0. The fourth-order valence-electron chi connectivity index (χ4n) is 2.48. The third kappa shape index (κ3) is 2.77. The van der Waals surface area contributed by atoms with E-state index in [9.17, 15) is 0 Å². The Balaban J connectivity index is 1.80. The Bertz CT molecular complexity index is 565. The number of nitrogens with zero attached hydrogens (tertiary/aromatic N) is 4. The van der Waals surface area contributed by atoms with Crippen LogP contribution < -0.4 is 10.2 Å². The van der Waals surface area contributed by atoms with Crippen molar-refractivity contribution in [3.05, 3.63) is 36.5 Å². The van der Waals surface area contributed by atoms with Crippen LogP contribution in [0.1, 0.15) is 13.8 Å². The van der Waals surface area contributed by atoms with E-state index in [4.69, 9.17) is 0 Å². The minimum atomic E-state index is 0.111. The molecule has 3 heterocycles. The first-order valence-electron chi connectivity index (χ1n) is 6.89. The molecule has 2 aromatic rings. The van der Waals surface area contributed by atoms with Crippen LogP contribution in [-0.2, 0) is 0 Å². The molecule has 104 valence electrons. The molecule has 5 heteroatoms. The second-order valence-electron chi connectivity index (χ2n) is 5.72. The van der Waals surface area contributed by atoms with Gasteiger partial charge in [0.15, 0.2) is 5.82 Å². The van der Waals surface area contributed by atoms with Crippen molar-refractivity contribution in [2.24, 2.45) is 0 Å². The van der Waals surface area contributed by atoms with Crippen LogP contribution in [0.15, 0.2) is 36.5 Å². The quantitative estimate of drug-likeness (QED) is 0.899. The zero-order valence-electron chi connectivity index (χ0n) is 11.9. The predicted molar refractivity (Wildman–Crippen MR) is 79.6 cm³/mol. The summed E-state index contributed by atoms with van der Waals surface area (Å²) in [4.78, 5) is 6.56. The summed E-state index contributed by atoms with van der Waals surface area (Å²) in [6, 6.07) is 9.81. The molecule has 1 aliphatic heterocycles. The highest BCUT2D eigenvalue weighted by atomic mass is 15.3. The van der Waals surface area contributed by atoms with Gasteiger partial charge in [-0.15, -0.1) is 10.2 Å². The topological polar surface area (TPSA) is 53.9 Å². The molecule has 0 spiro atoms. The van der Waals surface area contributed by atoms with Gasteiger partial charge < -0.3 is 10.2 Å². The first-order valence-corrected chi connectivity index (χ1v) is 6.89. The van der Waals surface area contributed by atoms with Gasteiger partial charge >= 0.3 is 0 Å². The molecule has 3 rings (SSSR count). The third-order valence-electron chi connectivity index (χ3n) is 3.47. The van der Waals surface area contributed by atoms with Gasteiger partial charge in [0, 0.05) is 31.4 Å². The molecule has 0 aliphatic carbocycles. The van der Waals surface area contributed by atoms with Crippen LogP contribution in [0.4, 0.5) is 5.82 Å². The predicted octanol–water partition coefficient (Wildman–Crippen LogP) is 1.73. The third-order valence-corrected chi connectivity index (χ3v) is 3.47. The van der Waals surface area contributed by atoms with Crippen LogP contribution in [0.3, 0.4) is 0 Å². The molecule has 0 amide bonds. The van der Waals surface area contributed by atoms with Gasteiger partial charge in [0.1, 0.15) is 5.69 Å². The average Bonchev–Trinajstić information content (AvgIpc) is 2.47. The second-order valence-corrected chi connectivity index (χ2v) is 5.72. The lowest BCUT2D eigenvalue weighted by Gasteiger charge is -2.39. The molecule has 5 nitrogen and oxygen atoms in total. The molecule has 0 radical (unpaired) electrons. The van der Waals surface area contributed by atoms with E-state index < -0.39 is 0 Å². The zero-order valence-corrected chi connectivity index (χ0v) is 11.9. The van der Waals surface area contributed by atoms with E-state index >= 15 is 0 Å². The highest BCUT2D eigenvalue weighted by Crippen LogP contribution is 2.19. The van der Waals surface area contributed by atoms with Crippen molar-refractivity contribution in [3.8, 4) is 11.4 Å². The molecule has 1 aliphatic rings. The Morgan fingerprint density at radius 2 is 2.00 bits per heavy atom. The van der Waals surface area contributed by atoms with Gasteiger partial charge in [-0.2, -0.15) is 0 Å². The van der Waals surface area contributed by atoms with Crippen LogP contribution in [-0.4, -0.2) is 40.4 Å². The number of aromatic nitrogens is 3. The Morgan fingerprint density at radius 1 is 1.10 bits per heavy atom. The van der Waals surface area contributed by atoms with Crippen molar-refractivity contribution in [3.63, 3.8) is 0 Å². The van der Waals surface area contributed by atoms with Crippen LogP contribution >= 0.6 is 0 Å². The molecule has 0 unspecified atom stereocenters. The minimum Gasteiger partial charge on any atom is -0.352 e. The van der Waals surface area contributed by atoms with Crippen molar-refractivity contribution >= 4 is 5.82 Å². The van der Waals surface area contributed by atoms with Crippen LogP contribution in [0, 0.1) is 0 Å². The average molecular weight is 269 g/mol. The van der Waals surface area contributed by atoms with Gasteiger partial charge in [0.25, 0.3) is 0 Å². The first-order chi connectivity index (χ1) is 9.64. The Hall–Kier alpha value is -2.01. The molecule has 2 aromatic heterocycles. The molecular weight excluding hydrogens is 250 g/mol. The largest absolute Gasteiger partial charge is 0.352 e. The van der Waals surface area contributed by atoms with E-state index in [1.807, 2.05) is 30.3 Å². The minimum absolute atomic E-state index is 0.111. The summed E-state index contributed by atoms with van der Waals surface area (Å²) in [5.41, 5.74) is 1.77. The summed E-state index contributed by atoms with van der Waals surface area (Å²) in [6.45, 7) is 7.27. The smallest absolute Gasteiger partial charge is 0.151 e. The van der Waals surface area contributed by atoms with E-state index in [0.29, 0.717) is 0 Å². The number of hydrogen-bond acceptors (Lipinski definition) is 5. The van der Waals surface area contributed by atoms with E-state index in [2.05, 4.69) is 39.2 Å². The second kappa shape index (κ2) is 5.17. The number of hydrogen-bond donors (Lipinski definition) is 1. The Kier molecular flexibility index (Phi) is 3.36. The van der Waals surface area contributed by atoms with E-state index in [1.54, 1.807) is 6.20 Å². The monoisotopic (exact) mass is 269 g/mol. The van der Waals surface area contributed by atoms with Crippen LogP contribution in [0.25, 0.3) is 11.4 Å². The van der Waals surface area contributed by atoms with Crippen molar-refractivity contribution in [1.29, 1.82) is 0 Å². The SMILES string of the molecule is CC1(C)CN(c2ccc(-c3ccccn3)nn2)CCN1. The van der Waals surface area contributed by atoms with Gasteiger partial charge in [-0.1, -0.05) is 6.07 Å². The molecular formula is C15H19N5. The van der Waals surface area contributed by atoms with Gasteiger partial charge in [-0.25, -0.2) is 0 Å². The number of rotatable bonds is 2. The summed E-state index contributed by atoms with van der Waals surface area (Å²) in [7, 11) is 0. The number of anilines is 1. The Labute approximate surface area is 119 Å². The molecule has 0 bridgehead atoms. The standard InChI is InChI=1S/C15H19N5/c1-15(2)11-20(10-9-17-15)14-7-6-13(18-19-14)12-5-3-4-8-16-12/h3-8,17H,9-11H2,1-2H3. The maximum atomic E-state index is 4.35. The summed E-state index contributed by atoms with van der Waals surface area (Å²) in [6.07, 6.45) is 1.77. The first kappa shape index (κ1) is 13.0. The summed E-state index contributed by atoms with van der Waals surface area (Å²) in [5.74, 6) is 0.930. The summed E-state index contributed by atoms with van der Waals surface area (Å²) < 4.78 is 0. The molecule has 1 saturated heterocycles. The fourth-order valence-corrected chi connectivity index (χ4v) is 2.48. The maximum Gasteiger partial charge on any atom is 0.151 e. The van der Waals surface area contributed by atoms with Gasteiger partial charge in [0.2, 0.25) is 0 Å². The van der Waals surface area contributed by atoms with Crippen molar-refractivity contribution in [2.75, 3.05) is 24.5 Å².